The second kappa shape index (κ2) is 8.08. The van der Waals surface area contributed by atoms with Crippen molar-refractivity contribution in [1.82, 2.24) is 9.88 Å². The number of alkyl halides is 3. The summed E-state index contributed by atoms with van der Waals surface area (Å²) in [5.74, 6) is 0.320. The van der Waals surface area contributed by atoms with Gasteiger partial charge in [-0.15, -0.1) is 0 Å². The summed E-state index contributed by atoms with van der Waals surface area (Å²) >= 11 is 0. The van der Waals surface area contributed by atoms with E-state index in [1.54, 1.807) is 17.2 Å². The topological polar surface area (TPSA) is 71.5 Å². The second-order valence-electron chi connectivity index (χ2n) is 6.61. The number of rotatable bonds is 6. The Morgan fingerprint density at radius 1 is 1.37 bits per heavy atom. The molecule has 27 heavy (non-hydrogen) atoms. The van der Waals surface area contributed by atoms with E-state index in [2.05, 4.69) is 10.3 Å². The molecule has 0 radical (unpaired) electrons. The number of anilines is 1. The van der Waals surface area contributed by atoms with Gasteiger partial charge in [-0.05, 0) is 36.1 Å². The third-order valence-corrected chi connectivity index (χ3v) is 4.40. The molecule has 0 aromatic carbocycles. The van der Waals surface area contributed by atoms with E-state index in [4.69, 9.17) is 4.74 Å². The number of fused-ring (bicyclic) bond motifs is 1. The van der Waals surface area contributed by atoms with E-state index in [0.717, 1.165) is 11.1 Å². The van der Waals surface area contributed by atoms with Crippen LogP contribution in [-0.2, 0) is 20.7 Å². The van der Waals surface area contributed by atoms with Crippen LogP contribution in [0.2, 0.25) is 0 Å². The maximum Gasteiger partial charge on any atom is 0.389 e. The number of ether oxygens (including phenoxy) is 1. The summed E-state index contributed by atoms with van der Waals surface area (Å²) in [6.45, 7) is 0.798. The highest BCUT2D eigenvalue weighted by molar-refractivity contribution is 5.94. The molecular formula is C18H20F3N3O3. The number of hydrogen-bond acceptors (Lipinski definition) is 4. The summed E-state index contributed by atoms with van der Waals surface area (Å²) < 4.78 is 41.4. The molecule has 0 atom stereocenters. The highest BCUT2D eigenvalue weighted by atomic mass is 19.4. The van der Waals surface area contributed by atoms with E-state index in [9.17, 15) is 22.8 Å². The number of aryl methyl sites for hydroxylation is 1. The molecule has 3 rings (SSSR count). The molecule has 2 aliphatic rings. The normalized spacial score (nSPS) is 17.6. The fraction of sp³-hybridized carbons (Fsp3) is 0.500. The lowest BCUT2D eigenvalue weighted by Crippen LogP contribution is -2.54. The zero-order chi connectivity index (χ0) is 19.4. The highest BCUT2D eigenvalue weighted by Gasteiger charge is 2.31. The number of aromatic nitrogens is 1. The minimum absolute atomic E-state index is 0.0411. The minimum Gasteiger partial charge on any atom is -0.375 e. The maximum absolute atomic E-state index is 12.1. The van der Waals surface area contributed by atoms with E-state index in [0.29, 0.717) is 31.7 Å². The molecule has 1 N–H and O–H groups in total. The molecule has 2 amide bonds. The number of nitrogens with zero attached hydrogens (tertiary/aromatic N) is 2. The monoisotopic (exact) mass is 383 g/mol. The van der Waals surface area contributed by atoms with Gasteiger partial charge in [-0.1, -0.05) is 0 Å². The lowest BCUT2D eigenvalue weighted by Gasteiger charge is -2.38. The van der Waals surface area contributed by atoms with Gasteiger partial charge in [0, 0.05) is 44.8 Å². The largest absolute Gasteiger partial charge is 0.389 e. The summed E-state index contributed by atoms with van der Waals surface area (Å²) in [5, 5.41) is 2.70. The van der Waals surface area contributed by atoms with Crippen LogP contribution in [0.3, 0.4) is 0 Å². The average molecular weight is 383 g/mol. The molecule has 1 aromatic heterocycles. The van der Waals surface area contributed by atoms with Gasteiger partial charge in [-0.25, -0.2) is 4.98 Å². The van der Waals surface area contributed by atoms with E-state index in [1.165, 1.54) is 6.08 Å². The number of carbonyl (C=O) groups is 2. The first-order valence-electron chi connectivity index (χ1n) is 8.74. The number of pyridine rings is 1. The van der Waals surface area contributed by atoms with Crippen molar-refractivity contribution in [3.8, 4) is 0 Å². The predicted octanol–water partition coefficient (Wildman–Crippen LogP) is 2.55. The van der Waals surface area contributed by atoms with Crippen LogP contribution in [0.5, 0.6) is 0 Å². The third-order valence-electron chi connectivity index (χ3n) is 4.40. The Bertz CT molecular complexity index is 743. The van der Waals surface area contributed by atoms with Crippen LogP contribution in [0.25, 0.3) is 6.08 Å². The summed E-state index contributed by atoms with van der Waals surface area (Å²) in [7, 11) is 0. The van der Waals surface area contributed by atoms with Crippen molar-refractivity contribution in [3.05, 3.63) is 29.5 Å². The predicted molar refractivity (Wildman–Crippen MR) is 91.8 cm³/mol. The molecule has 9 heteroatoms. The van der Waals surface area contributed by atoms with Gasteiger partial charge in [0.05, 0.1) is 6.10 Å². The molecule has 1 fully saturated rings. The van der Waals surface area contributed by atoms with Gasteiger partial charge in [0.15, 0.2) is 0 Å². The Labute approximate surface area is 154 Å². The van der Waals surface area contributed by atoms with E-state index in [-0.39, 0.29) is 30.9 Å². The van der Waals surface area contributed by atoms with Crippen LogP contribution >= 0.6 is 0 Å². The number of amides is 2. The van der Waals surface area contributed by atoms with Gasteiger partial charge >= 0.3 is 6.18 Å². The van der Waals surface area contributed by atoms with Crippen molar-refractivity contribution in [2.45, 2.75) is 38.0 Å². The lowest BCUT2D eigenvalue weighted by molar-refractivity contribution is -0.146. The molecule has 0 saturated carbocycles. The molecule has 2 aliphatic heterocycles. The van der Waals surface area contributed by atoms with Crippen molar-refractivity contribution in [3.63, 3.8) is 0 Å². The Morgan fingerprint density at radius 2 is 2.15 bits per heavy atom. The SMILES string of the molecule is O=C1CCc2cc(/C=C/C(=O)N3CC(OCCCC(F)(F)F)C3)cnc2N1. The summed E-state index contributed by atoms with van der Waals surface area (Å²) in [6, 6.07) is 1.88. The van der Waals surface area contributed by atoms with Crippen molar-refractivity contribution in [2.75, 3.05) is 25.0 Å². The molecule has 1 saturated heterocycles. The molecule has 0 unspecified atom stereocenters. The minimum atomic E-state index is -4.16. The van der Waals surface area contributed by atoms with Gasteiger partial charge in [0.1, 0.15) is 5.82 Å². The quantitative estimate of drug-likeness (QED) is 0.605. The first kappa shape index (κ1) is 19.3. The van der Waals surface area contributed by atoms with Gasteiger partial charge in [0.2, 0.25) is 11.8 Å². The van der Waals surface area contributed by atoms with Gasteiger partial charge in [-0.2, -0.15) is 13.2 Å². The molecule has 0 bridgehead atoms. The average Bonchev–Trinajstić information content (AvgIpc) is 2.57. The Morgan fingerprint density at radius 3 is 2.89 bits per heavy atom. The van der Waals surface area contributed by atoms with Crippen LogP contribution < -0.4 is 5.32 Å². The van der Waals surface area contributed by atoms with Crippen LogP contribution in [-0.4, -0.2) is 53.7 Å². The summed E-state index contributed by atoms with van der Waals surface area (Å²) in [5.41, 5.74) is 1.69. The number of carbonyl (C=O) groups excluding carboxylic acids is 2. The zero-order valence-corrected chi connectivity index (χ0v) is 14.6. The van der Waals surface area contributed by atoms with Gasteiger partial charge in [0.25, 0.3) is 0 Å². The molecule has 0 aliphatic carbocycles. The van der Waals surface area contributed by atoms with Crippen molar-refractivity contribution >= 4 is 23.7 Å². The van der Waals surface area contributed by atoms with E-state index >= 15 is 0 Å². The Balaban J connectivity index is 1.41. The lowest BCUT2D eigenvalue weighted by atomic mass is 10.0. The smallest absolute Gasteiger partial charge is 0.375 e. The zero-order valence-electron chi connectivity index (χ0n) is 14.6. The van der Waals surface area contributed by atoms with Crippen molar-refractivity contribution in [1.29, 1.82) is 0 Å². The molecule has 1 aromatic rings. The first-order valence-corrected chi connectivity index (χ1v) is 8.74. The number of hydrogen-bond donors (Lipinski definition) is 1. The maximum atomic E-state index is 12.1. The van der Waals surface area contributed by atoms with Crippen LogP contribution in [0.15, 0.2) is 18.3 Å². The Hall–Kier alpha value is -2.42. The van der Waals surface area contributed by atoms with Crippen LogP contribution in [0, 0.1) is 0 Å². The van der Waals surface area contributed by atoms with Crippen molar-refractivity contribution < 1.29 is 27.5 Å². The fourth-order valence-corrected chi connectivity index (χ4v) is 2.88. The van der Waals surface area contributed by atoms with Crippen LogP contribution in [0.4, 0.5) is 19.0 Å². The summed E-state index contributed by atoms with van der Waals surface area (Å²) in [4.78, 5) is 29.2. The molecule has 0 spiro atoms. The molecule has 146 valence electrons. The fourth-order valence-electron chi connectivity index (χ4n) is 2.88. The highest BCUT2D eigenvalue weighted by Crippen LogP contribution is 2.23. The Kier molecular flexibility index (Phi) is 5.79. The molecule has 3 heterocycles. The number of likely N-dealkylation sites (tertiary alicyclic amines) is 1. The van der Waals surface area contributed by atoms with E-state index < -0.39 is 12.6 Å². The third kappa shape index (κ3) is 5.53. The van der Waals surface area contributed by atoms with Gasteiger partial charge < -0.3 is 15.0 Å². The second-order valence-corrected chi connectivity index (χ2v) is 6.61. The molecular weight excluding hydrogens is 363 g/mol. The van der Waals surface area contributed by atoms with E-state index in [1.807, 2.05) is 6.07 Å². The first-order chi connectivity index (χ1) is 12.8. The standard InChI is InChI=1S/C18H20F3N3O3/c19-18(20,21)6-1-7-27-14-10-24(11-14)16(26)5-2-12-8-13-3-4-15(25)23-17(13)22-9-12/h2,5,8-9,14H,1,3-4,6-7,10-11H2,(H,22,23,25)/b5-2+. The van der Waals surface area contributed by atoms with Crippen molar-refractivity contribution in [2.24, 2.45) is 0 Å². The number of halogens is 3. The number of nitrogens with one attached hydrogen (secondary N) is 1. The van der Waals surface area contributed by atoms with Crippen LogP contribution in [0.1, 0.15) is 30.4 Å². The van der Waals surface area contributed by atoms with Gasteiger partial charge in [-0.3, -0.25) is 9.59 Å². The summed E-state index contributed by atoms with van der Waals surface area (Å²) in [6.07, 6.45) is 0.410. The molecule has 6 nitrogen and oxygen atoms in total.